The normalized spacial score (nSPS) is 14.1. The van der Waals surface area contributed by atoms with Crippen molar-refractivity contribution in [2.24, 2.45) is 0 Å². The quantitative estimate of drug-likeness (QED) is 0.833. The highest BCUT2D eigenvalue weighted by Crippen LogP contribution is 2.22. The van der Waals surface area contributed by atoms with Gasteiger partial charge in [-0.15, -0.1) is 0 Å². The van der Waals surface area contributed by atoms with Crippen LogP contribution in [0, 0.1) is 0 Å². The minimum atomic E-state index is -4.64. The number of aromatic nitrogens is 2. The maximum absolute atomic E-state index is 11.9. The molecular weight excluding hydrogens is 221 g/mol. The average Bonchev–Trinajstić information content (AvgIpc) is 2.07. The Balaban J connectivity index is 2.65. The summed E-state index contributed by atoms with van der Waals surface area (Å²) in [6.45, 7) is 0. The molecule has 0 fully saturated rings. The molecule has 0 aromatic carbocycles. The second-order valence-corrected chi connectivity index (χ2v) is 2.98. The lowest BCUT2D eigenvalue weighted by Crippen LogP contribution is -2.30. The maximum Gasteiger partial charge on any atom is 0.414 e. The van der Waals surface area contributed by atoms with Crippen molar-refractivity contribution < 1.29 is 18.3 Å². The summed E-state index contributed by atoms with van der Waals surface area (Å²) in [7, 11) is 0. The second-order valence-electron chi connectivity index (χ2n) is 2.59. The monoisotopic (exact) mass is 226 g/mol. The summed E-state index contributed by atoms with van der Waals surface area (Å²) in [6.07, 6.45) is -5.45. The van der Waals surface area contributed by atoms with Gasteiger partial charge in [-0.2, -0.15) is 13.2 Å². The van der Waals surface area contributed by atoms with Gasteiger partial charge in [0.15, 0.2) is 6.10 Å². The fraction of sp³-hybridized carbons (Fsp3) is 0.429. The van der Waals surface area contributed by atoms with Gasteiger partial charge < -0.3 is 5.11 Å². The number of hydrogen-bond donors (Lipinski definition) is 1. The lowest BCUT2D eigenvalue weighted by atomic mass is 10.2. The molecule has 1 rings (SSSR count). The number of halogens is 4. The fourth-order valence-corrected chi connectivity index (χ4v) is 0.856. The van der Waals surface area contributed by atoms with E-state index >= 15 is 0 Å². The van der Waals surface area contributed by atoms with Gasteiger partial charge >= 0.3 is 6.18 Å². The van der Waals surface area contributed by atoms with E-state index < -0.39 is 18.7 Å². The molecule has 0 bridgehead atoms. The largest absolute Gasteiger partial charge is 0.414 e. The van der Waals surface area contributed by atoms with Gasteiger partial charge in [0, 0.05) is 6.42 Å². The molecule has 1 aromatic rings. The van der Waals surface area contributed by atoms with E-state index in [-0.39, 0.29) is 10.8 Å². The second kappa shape index (κ2) is 4.10. The first kappa shape index (κ1) is 11.2. The first-order valence-corrected chi connectivity index (χ1v) is 3.98. The van der Waals surface area contributed by atoms with Crippen LogP contribution in [0.4, 0.5) is 13.2 Å². The first-order chi connectivity index (χ1) is 6.39. The van der Waals surface area contributed by atoms with Gasteiger partial charge in [0.1, 0.15) is 5.15 Å². The van der Waals surface area contributed by atoms with E-state index in [4.69, 9.17) is 16.7 Å². The highest BCUT2D eigenvalue weighted by molar-refractivity contribution is 6.29. The van der Waals surface area contributed by atoms with Crippen LogP contribution in [0.3, 0.4) is 0 Å². The summed E-state index contributed by atoms with van der Waals surface area (Å²) in [5.74, 6) is 0. The Bertz CT molecular complexity index is 301. The summed E-state index contributed by atoms with van der Waals surface area (Å²) in [5.41, 5.74) is 0.0409. The molecule has 0 saturated carbocycles. The predicted octanol–water partition coefficient (Wildman–Crippen LogP) is 1.60. The standard InChI is InChI=1S/C7H6ClF3N2O/c8-6-3-12-4(2-13-6)1-5(14)7(9,10)11/h2-3,5,14H,1H2. The molecule has 0 aliphatic heterocycles. The molecule has 0 radical (unpaired) electrons. The molecule has 14 heavy (non-hydrogen) atoms. The van der Waals surface area contributed by atoms with E-state index in [9.17, 15) is 13.2 Å². The van der Waals surface area contributed by atoms with Gasteiger partial charge in [0.25, 0.3) is 0 Å². The third-order valence-corrected chi connectivity index (χ3v) is 1.65. The van der Waals surface area contributed by atoms with Crippen LogP contribution in [-0.4, -0.2) is 27.4 Å². The Labute approximate surface area is 82.6 Å². The van der Waals surface area contributed by atoms with Crippen LogP contribution in [0.5, 0.6) is 0 Å². The van der Waals surface area contributed by atoms with E-state index in [0.29, 0.717) is 0 Å². The number of aliphatic hydroxyl groups is 1. The van der Waals surface area contributed by atoms with Gasteiger partial charge in [-0.3, -0.25) is 4.98 Å². The van der Waals surface area contributed by atoms with Gasteiger partial charge in [-0.25, -0.2) is 4.98 Å². The minimum absolute atomic E-state index is 0.0409. The van der Waals surface area contributed by atoms with Crippen molar-refractivity contribution in [2.45, 2.75) is 18.7 Å². The summed E-state index contributed by atoms with van der Waals surface area (Å²) < 4.78 is 35.7. The average molecular weight is 227 g/mol. The van der Waals surface area contributed by atoms with Crippen molar-refractivity contribution in [3.8, 4) is 0 Å². The van der Waals surface area contributed by atoms with Gasteiger partial charge in [0.05, 0.1) is 18.1 Å². The fourth-order valence-electron chi connectivity index (χ4n) is 0.758. The van der Waals surface area contributed by atoms with Gasteiger partial charge in [-0.05, 0) is 0 Å². The Hall–Kier alpha value is -0.880. The highest BCUT2D eigenvalue weighted by Gasteiger charge is 2.38. The molecule has 78 valence electrons. The Morgan fingerprint density at radius 3 is 2.43 bits per heavy atom. The zero-order valence-corrected chi connectivity index (χ0v) is 7.55. The lowest BCUT2D eigenvalue weighted by Gasteiger charge is -2.13. The molecule has 0 saturated heterocycles. The number of nitrogens with zero attached hydrogens (tertiary/aromatic N) is 2. The summed E-state index contributed by atoms with van der Waals surface area (Å²) >= 11 is 5.38. The zero-order chi connectivity index (χ0) is 10.8. The molecule has 1 unspecified atom stereocenters. The van der Waals surface area contributed by atoms with Crippen molar-refractivity contribution >= 4 is 11.6 Å². The van der Waals surface area contributed by atoms with Crippen molar-refractivity contribution in [2.75, 3.05) is 0 Å². The molecule has 0 aliphatic carbocycles. The van der Waals surface area contributed by atoms with Crippen LogP contribution in [0.1, 0.15) is 5.69 Å². The van der Waals surface area contributed by atoms with Crippen molar-refractivity contribution in [3.63, 3.8) is 0 Å². The van der Waals surface area contributed by atoms with Gasteiger partial charge in [-0.1, -0.05) is 11.6 Å². The predicted molar refractivity (Wildman–Crippen MR) is 42.8 cm³/mol. The molecule has 1 heterocycles. The van der Waals surface area contributed by atoms with E-state index in [1.807, 2.05) is 0 Å². The van der Waals surface area contributed by atoms with E-state index in [2.05, 4.69) is 9.97 Å². The van der Waals surface area contributed by atoms with Crippen molar-refractivity contribution in [1.82, 2.24) is 9.97 Å². The minimum Gasteiger partial charge on any atom is -0.383 e. The van der Waals surface area contributed by atoms with Crippen LogP contribution >= 0.6 is 11.6 Å². The summed E-state index contributed by atoms with van der Waals surface area (Å²) in [5, 5.41) is 8.78. The Morgan fingerprint density at radius 2 is 2.00 bits per heavy atom. The van der Waals surface area contributed by atoms with Gasteiger partial charge in [0.2, 0.25) is 0 Å². The smallest absolute Gasteiger partial charge is 0.383 e. The molecule has 0 spiro atoms. The number of alkyl halides is 3. The summed E-state index contributed by atoms with van der Waals surface area (Å²) in [6, 6.07) is 0. The molecule has 1 aromatic heterocycles. The number of aliphatic hydroxyl groups excluding tert-OH is 1. The van der Waals surface area contributed by atoms with Crippen LogP contribution in [0.25, 0.3) is 0 Å². The van der Waals surface area contributed by atoms with Crippen LogP contribution in [0.2, 0.25) is 5.15 Å². The van der Waals surface area contributed by atoms with Crippen molar-refractivity contribution in [1.29, 1.82) is 0 Å². The lowest BCUT2D eigenvalue weighted by molar-refractivity contribution is -0.203. The molecule has 0 amide bonds. The molecule has 0 aliphatic rings. The van der Waals surface area contributed by atoms with Crippen LogP contribution in [0.15, 0.2) is 12.4 Å². The summed E-state index contributed by atoms with van der Waals surface area (Å²) in [4.78, 5) is 7.12. The molecule has 1 atom stereocenters. The Morgan fingerprint density at radius 1 is 1.36 bits per heavy atom. The molecule has 1 N–H and O–H groups in total. The zero-order valence-electron chi connectivity index (χ0n) is 6.79. The third-order valence-electron chi connectivity index (χ3n) is 1.45. The SMILES string of the molecule is OC(Cc1cnc(Cl)cn1)C(F)(F)F. The first-order valence-electron chi connectivity index (χ1n) is 3.61. The topological polar surface area (TPSA) is 46.0 Å². The molecule has 3 nitrogen and oxygen atoms in total. The molecule has 7 heteroatoms. The van der Waals surface area contributed by atoms with E-state index in [1.54, 1.807) is 0 Å². The van der Waals surface area contributed by atoms with Crippen LogP contribution < -0.4 is 0 Å². The third kappa shape index (κ3) is 3.12. The number of rotatable bonds is 2. The molecular formula is C7H6ClF3N2O. The van der Waals surface area contributed by atoms with E-state index in [1.165, 1.54) is 0 Å². The van der Waals surface area contributed by atoms with E-state index in [0.717, 1.165) is 12.4 Å². The van der Waals surface area contributed by atoms with Crippen LogP contribution in [-0.2, 0) is 6.42 Å². The van der Waals surface area contributed by atoms with Crippen molar-refractivity contribution in [3.05, 3.63) is 23.2 Å². The highest BCUT2D eigenvalue weighted by atomic mass is 35.5. The number of hydrogen-bond acceptors (Lipinski definition) is 3. The maximum atomic E-state index is 11.9. The Kier molecular flexibility index (Phi) is 3.28.